The van der Waals surface area contributed by atoms with Gasteiger partial charge in [-0.3, -0.25) is 4.79 Å². The summed E-state index contributed by atoms with van der Waals surface area (Å²) in [5, 5.41) is 1.21. The number of hydrogen-bond acceptors (Lipinski definition) is 6. The smallest absolute Gasteiger partial charge is 0.261 e. The zero-order valence-electron chi connectivity index (χ0n) is 14.8. The van der Waals surface area contributed by atoms with Gasteiger partial charge in [0.05, 0.1) is 0 Å². The van der Waals surface area contributed by atoms with E-state index in [9.17, 15) is 13.2 Å². The molecule has 1 aliphatic heterocycles. The first-order valence-corrected chi connectivity index (χ1v) is 10.6. The third-order valence-electron chi connectivity index (χ3n) is 4.36. The quantitative estimate of drug-likeness (QED) is 0.786. The Labute approximate surface area is 157 Å². The topological polar surface area (TPSA) is 89.5 Å². The molecule has 1 saturated carbocycles. The number of carbonyl (C=O) groups excluding carboxylic acids is 1. The second kappa shape index (κ2) is 6.77. The van der Waals surface area contributed by atoms with E-state index in [2.05, 4.69) is 9.97 Å². The highest BCUT2D eigenvalue weighted by atomic mass is 32.2. The lowest BCUT2D eigenvalue weighted by atomic mass is 10.1. The average Bonchev–Trinajstić information content (AvgIpc) is 3.42. The van der Waals surface area contributed by atoms with Crippen LogP contribution < -0.4 is 4.74 Å². The van der Waals surface area contributed by atoms with Crippen LogP contribution in [0.3, 0.4) is 0 Å². The van der Waals surface area contributed by atoms with Crippen molar-refractivity contribution < 1.29 is 17.9 Å². The number of ether oxygens (including phenoxy) is 1. The zero-order chi connectivity index (χ0) is 19.0. The van der Waals surface area contributed by atoms with Gasteiger partial charge in [0, 0.05) is 36.9 Å². The van der Waals surface area contributed by atoms with E-state index in [1.807, 2.05) is 18.2 Å². The largest absolute Gasteiger partial charge is 0.438 e. The fraction of sp³-hybridized carbons (Fsp3) is 0.316. The van der Waals surface area contributed by atoms with Gasteiger partial charge < -0.3 is 9.64 Å². The lowest BCUT2D eigenvalue weighted by Gasteiger charge is -2.34. The molecule has 4 rings (SSSR count). The van der Waals surface area contributed by atoms with Gasteiger partial charge in [-0.25, -0.2) is 13.4 Å². The van der Waals surface area contributed by atoms with Crippen LogP contribution >= 0.6 is 0 Å². The molecule has 2 aliphatic rings. The molecule has 0 atom stereocenters. The van der Waals surface area contributed by atoms with E-state index in [4.69, 9.17) is 4.74 Å². The van der Waals surface area contributed by atoms with Crippen LogP contribution in [0.4, 0.5) is 0 Å². The lowest BCUT2D eigenvalue weighted by Crippen LogP contribution is -2.44. The Morgan fingerprint density at radius 3 is 2.56 bits per heavy atom. The molecule has 2 heterocycles. The van der Waals surface area contributed by atoms with Crippen LogP contribution in [0.2, 0.25) is 0 Å². The monoisotopic (exact) mass is 385 g/mol. The summed E-state index contributed by atoms with van der Waals surface area (Å²) in [5.74, 6) is 1.59. The molecule has 2 fully saturated rings. The average molecular weight is 385 g/mol. The molecule has 7 nitrogen and oxygen atoms in total. The summed E-state index contributed by atoms with van der Waals surface area (Å²) in [6.07, 6.45) is 4.74. The molecule has 0 N–H and O–H groups in total. The van der Waals surface area contributed by atoms with Gasteiger partial charge in [0.25, 0.3) is 5.91 Å². The van der Waals surface area contributed by atoms with E-state index in [1.165, 1.54) is 11.6 Å². The Balaban J connectivity index is 1.58. The van der Waals surface area contributed by atoms with Crippen LogP contribution in [0.1, 0.15) is 34.9 Å². The van der Waals surface area contributed by atoms with Gasteiger partial charge >= 0.3 is 0 Å². The van der Waals surface area contributed by atoms with Crippen LogP contribution in [0.5, 0.6) is 11.6 Å². The lowest BCUT2D eigenvalue weighted by molar-refractivity contribution is 0.0723. The van der Waals surface area contributed by atoms with Gasteiger partial charge in [-0.05, 0) is 30.5 Å². The summed E-state index contributed by atoms with van der Waals surface area (Å²) in [6, 6.07) is 9.16. The molecule has 27 heavy (non-hydrogen) atoms. The summed E-state index contributed by atoms with van der Waals surface area (Å²) in [6.45, 7) is 0.558. The molecule has 2 aromatic rings. The molecule has 0 unspecified atom stereocenters. The van der Waals surface area contributed by atoms with E-state index >= 15 is 0 Å². The van der Waals surface area contributed by atoms with E-state index in [-0.39, 0.29) is 30.4 Å². The van der Waals surface area contributed by atoms with Gasteiger partial charge in [0.2, 0.25) is 5.88 Å². The SMILES string of the molecule is CS(=O)(=O)C=C1CN(C(=O)c2cnc(C3CC3)nc2Oc2ccccc2)C1. The summed E-state index contributed by atoms with van der Waals surface area (Å²) in [7, 11) is -3.20. The minimum absolute atomic E-state index is 0.239. The van der Waals surface area contributed by atoms with Gasteiger partial charge in [-0.15, -0.1) is 0 Å². The van der Waals surface area contributed by atoms with Gasteiger partial charge in [-0.2, -0.15) is 4.98 Å². The molecular weight excluding hydrogens is 366 g/mol. The number of benzene rings is 1. The van der Waals surface area contributed by atoms with Crippen LogP contribution in [0.25, 0.3) is 0 Å². The predicted octanol–water partition coefficient (Wildman–Crippen LogP) is 2.53. The number of nitrogens with zero attached hydrogens (tertiary/aromatic N) is 3. The highest BCUT2D eigenvalue weighted by Crippen LogP contribution is 2.39. The molecule has 0 spiro atoms. The zero-order valence-corrected chi connectivity index (χ0v) is 15.6. The third kappa shape index (κ3) is 4.16. The highest BCUT2D eigenvalue weighted by molar-refractivity contribution is 7.93. The van der Waals surface area contributed by atoms with Crippen molar-refractivity contribution >= 4 is 15.7 Å². The van der Waals surface area contributed by atoms with E-state index in [0.29, 0.717) is 23.1 Å². The molecule has 140 valence electrons. The van der Waals surface area contributed by atoms with E-state index in [0.717, 1.165) is 19.1 Å². The summed E-state index contributed by atoms with van der Waals surface area (Å²) in [5.41, 5.74) is 0.980. The van der Waals surface area contributed by atoms with E-state index in [1.54, 1.807) is 17.0 Å². The van der Waals surface area contributed by atoms with Gasteiger partial charge in [0.15, 0.2) is 9.84 Å². The van der Waals surface area contributed by atoms with Crippen LogP contribution in [-0.4, -0.2) is 48.5 Å². The van der Waals surface area contributed by atoms with Crippen molar-refractivity contribution in [2.45, 2.75) is 18.8 Å². The fourth-order valence-electron chi connectivity index (χ4n) is 2.88. The molecule has 1 aromatic carbocycles. The maximum absolute atomic E-state index is 12.8. The Hall–Kier alpha value is -2.74. The van der Waals surface area contributed by atoms with Gasteiger partial charge in [-0.1, -0.05) is 18.2 Å². The molecular formula is C19H19N3O4S. The molecule has 1 amide bonds. The van der Waals surface area contributed by atoms with Crippen LogP contribution in [0, 0.1) is 0 Å². The Bertz CT molecular complexity index is 1010. The Kier molecular flexibility index (Phi) is 4.43. The predicted molar refractivity (Wildman–Crippen MR) is 99.4 cm³/mol. The molecule has 0 bridgehead atoms. The second-order valence-corrected chi connectivity index (χ2v) is 8.80. The number of carbonyl (C=O) groups is 1. The van der Waals surface area contributed by atoms with E-state index < -0.39 is 9.84 Å². The van der Waals surface area contributed by atoms with Crippen molar-refractivity contribution in [2.24, 2.45) is 0 Å². The minimum Gasteiger partial charge on any atom is -0.438 e. The van der Waals surface area contributed by atoms with Gasteiger partial charge in [0.1, 0.15) is 17.1 Å². The standard InChI is InChI=1S/C19H19N3O4S/c1-27(24,25)12-13-10-22(11-13)19(23)16-9-20-17(14-7-8-14)21-18(16)26-15-5-3-2-4-6-15/h2-6,9,12,14H,7-8,10-11H2,1H3. The number of amides is 1. The van der Waals surface area contributed by atoms with Crippen LogP contribution in [0.15, 0.2) is 47.5 Å². The second-order valence-electron chi connectivity index (χ2n) is 6.90. The fourth-order valence-corrected chi connectivity index (χ4v) is 3.63. The first-order chi connectivity index (χ1) is 12.9. The minimum atomic E-state index is -3.20. The normalized spacial score (nSPS) is 16.6. The van der Waals surface area contributed by atoms with Crippen molar-refractivity contribution in [1.29, 1.82) is 0 Å². The van der Waals surface area contributed by atoms with Crippen molar-refractivity contribution in [3.05, 3.63) is 58.9 Å². The highest BCUT2D eigenvalue weighted by Gasteiger charge is 2.32. The number of para-hydroxylation sites is 1. The summed E-state index contributed by atoms with van der Waals surface area (Å²) in [4.78, 5) is 23.2. The molecule has 8 heteroatoms. The summed E-state index contributed by atoms with van der Waals surface area (Å²) < 4.78 is 28.5. The summed E-state index contributed by atoms with van der Waals surface area (Å²) >= 11 is 0. The van der Waals surface area contributed by atoms with Crippen molar-refractivity contribution in [3.8, 4) is 11.6 Å². The van der Waals surface area contributed by atoms with Crippen molar-refractivity contribution in [1.82, 2.24) is 14.9 Å². The maximum atomic E-state index is 12.8. The first-order valence-electron chi connectivity index (χ1n) is 8.68. The number of sulfone groups is 1. The molecule has 1 saturated heterocycles. The maximum Gasteiger partial charge on any atom is 0.261 e. The van der Waals surface area contributed by atoms with Crippen molar-refractivity contribution in [3.63, 3.8) is 0 Å². The van der Waals surface area contributed by atoms with Crippen molar-refractivity contribution in [2.75, 3.05) is 19.3 Å². The molecule has 1 aliphatic carbocycles. The van der Waals surface area contributed by atoms with Crippen LogP contribution in [-0.2, 0) is 9.84 Å². The number of likely N-dealkylation sites (tertiary alicyclic amines) is 1. The number of rotatable bonds is 5. The number of hydrogen-bond donors (Lipinski definition) is 0. The third-order valence-corrected chi connectivity index (χ3v) is 5.12. The number of aromatic nitrogens is 2. The Morgan fingerprint density at radius 2 is 1.93 bits per heavy atom. The first kappa shape index (κ1) is 17.7. The Morgan fingerprint density at radius 1 is 1.22 bits per heavy atom. The molecule has 0 radical (unpaired) electrons. The molecule has 1 aromatic heterocycles.